The highest BCUT2D eigenvalue weighted by Crippen LogP contribution is 2.27. The first-order chi connectivity index (χ1) is 11.4. The molecule has 6 nitrogen and oxygen atoms in total. The lowest BCUT2D eigenvalue weighted by Gasteiger charge is -2.10. The molecule has 2 aromatic heterocycles. The number of fused-ring (bicyclic) bond motifs is 1. The molecular weight excluding hydrogens is 325 g/mol. The summed E-state index contributed by atoms with van der Waals surface area (Å²) in [5.74, 6) is -0.855. The van der Waals surface area contributed by atoms with Gasteiger partial charge in [-0.15, -0.1) is 0 Å². The summed E-state index contributed by atoms with van der Waals surface area (Å²) < 4.78 is 38.0. The predicted octanol–water partition coefficient (Wildman–Crippen LogP) is 3.04. The van der Waals surface area contributed by atoms with Crippen LogP contribution in [0.2, 0.25) is 0 Å². The van der Waals surface area contributed by atoms with Crippen LogP contribution >= 0.6 is 0 Å². The molecule has 0 saturated heterocycles. The first-order valence-corrected chi connectivity index (χ1v) is 6.66. The van der Waals surface area contributed by atoms with Gasteiger partial charge in [0, 0.05) is 10.9 Å². The Kier molecular flexibility index (Phi) is 3.76. The van der Waals surface area contributed by atoms with Gasteiger partial charge in [0.2, 0.25) is 0 Å². The molecule has 0 aliphatic rings. The number of aromatic amines is 1. The first-order valence-electron chi connectivity index (χ1n) is 6.66. The van der Waals surface area contributed by atoms with Crippen LogP contribution in [0.4, 0.5) is 18.9 Å². The minimum Gasteiger partial charge on any atom is -0.320 e. The molecule has 0 bridgehead atoms. The summed E-state index contributed by atoms with van der Waals surface area (Å²) in [6.45, 7) is 0. The third kappa shape index (κ3) is 2.96. The van der Waals surface area contributed by atoms with Gasteiger partial charge in [0.15, 0.2) is 6.29 Å². The van der Waals surface area contributed by atoms with Gasteiger partial charge in [0.05, 0.1) is 17.4 Å². The van der Waals surface area contributed by atoms with Gasteiger partial charge in [-0.05, 0) is 24.3 Å². The number of anilines is 1. The smallest absolute Gasteiger partial charge is 0.320 e. The molecule has 122 valence electrons. The molecule has 3 rings (SSSR count). The number of carbonyl (C=O) groups is 2. The molecule has 0 spiro atoms. The normalized spacial score (nSPS) is 11.5. The molecule has 0 unspecified atom stereocenters. The van der Waals surface area contributed by atoms with Crippen molar-refractivity contribution in [2.75, 3.05) is 5.32 Å². The third-order valence-electron chi connectivity index (χ3n) is 3.26. The van der Waals surface area contributed by atoms with Crippen LogP contribution in [-0.2, 0) is 6.18 Å². The average molecular weight is 334 g/mol. The fourth-order valence-corrected chi connectivity index (χ4v) is 2.12. The van der Waals surface area contributed by atoms with Crippen molar-refractivity contribution < 1.29 is 22.8 Å². The highest BCUT2D eigenvalue weighted by Gasteiger charge is 2.33. The summed E-state index contributed by atoms with van der Waals surface area (Å²) in [6, 6.07) is 5.98. The van der Waals surface area contributed by atoms with E-state index in [1.165, 1.54) is 18.3 Å². The van der Waals surface area contributed by atoms with Crippen LogP contribution in [0.3, 0.4) is 0 Å². The van der Waals surface area contributed by atoms with Crippen molar-refractivity contribution in [1.82, 2.24) is 15.2 Å². The Hall–Kier alpha value is -3.23. The molecule has 0 aliphatic carbocycles. The zero-order chi connectivity index (χ0) is 17.3. The van der Waals surface area contributed by atoms with Gasteiger partial charge in [-0.2, -0.15) is 18.3 Å². The van der Waals surface area contributed by atoms with E-state index in [2.05, 4.69) is 20.5 Å². The second-order valence-corrected chi connectivity index (χ2v) is 4.87. The number of H-pyrrole nitrogens is 1. The number of nitrogens with one attached hydrogen (secondary N) is 2. The van der Waals surface area contributed by atoms with E-state index < -0.39 is 23.5 Å². The second-order valence-electron chi connectivity index (χ2n) is 4.87. The van der Waals surface area contributed by atoms with E-state index in [9.17, 15) is 22.8 Å². The SMILES string of the molecule is O=Cc1cc2[nH]ncc2cc1NC(=O)c1cccc(C(F)(F)F)n1. The lowest BCUT2D eigenvalue weighted by molar-refractivity contribution is -0.141. The van der Waals surface area contributed by atoms with Crippen molar-refractivity contribution in [3.8, 4) is 0 Å². The minimum absolute atomic E-state index is 0.156. The summed E-state index contributed by atoms with van der Waals surface area (Å²) in [5, 5.41) is 9.50. The average Bonchev–Trinajstić information content (AvgIpc) is 3.00. The number of benzene rings is 1. The number of aromatic nitrogens is 3. The summed E-state index contributed by atoms with van der Waals surface area (Å²) in [5.41, 5.74) is -0.674. The van der Waals surface area contributed by atoms with Crippen molar-refractivity contribution in [1.29, 1.82) is 0 Å². The number of rotatable bonds is 3. The zero-order valence-electron chi connectivity index (χ0n) is 11.9. The number of alkyl halides is 3. The molecule has 1 amide bonds. The second kappa shape index (κ2) is 5.76. The maximum Gasteiger partial charge on any atom is 0.433 e. The number of carbonyl (C=O) groups excluding carboxylic acids is 2. The van der Waals surface area contributed by atoms with Crippen LogP contribution in [0.25, 0.3) is 10.9 Å². The number of amides is 1. The Bertz CT molecular complexity index is 934. The van der Waals surface area contributed by atoms with Crippen molar-refractivity contribution in [2.24, 2.45) is 0 Å². The molecule has 3 aromatic rings. The fourth-order valence-electron chi connectivity index (χ4n) is 2.12. The van der Waals surface area contributed by atoms with Crippen molar-refractivity contribution in [3.63, 3.8) is 0 Å². The minimum atomic E-state index is -4.65. The van der Waals surface area contributed by atoms with Crippen LogP contribution in [0.15, 0.2) is 36.5 Å². The van der Waals surface area contributed by atoms with Gasteiger partial charge in [-0.25, -0.2) is 4.98 Å². The molecule has 0 radical (unpaired) electrons. The quantitative estimate of drug-likeness (QED) is 0.721. The lowest BCUT2D eigenvalue weighted by atomic mass is 10.1. The molecule has 0 fully saturated rings. The third-order valence-corrected chi connectivity index (χ3v) is 3.26. The monoisotopic (exact) mass is 334 g/mol. The number of nitrogens with zero attached hydrogens (tertiary/aromatic N) is 2. The number of pyridine rings is 1. The largest absolute Gasteiger partial charge is 0.433 e. The van der Waals surface area contributed by atoms with Gasteiger partial charge in [-0.1, -0.05) is 6.07 Å². The Balaban J connectivity index is 1.94. The maximum absolute atomic E-state index is 12.7. The summed E-state index contributed by atoms with van der Waals surface area (Å²) in [4.78, 5) is 26.6. The topological polar surface area (TPSA) is 87.7 Å². The van der Waals surface area contributed by atoms with Gasteiger partial charge < -0.3 is 5.32 Å². The number of aldehydes is 1. The number of hydrogen-bond donors (Lipinski definition) is 2. The Morgan fingerprint density at radius 3 is 2.75 bits per heavy atom. The molecule has 0 aliphatic heterocycles. The highest BCUT2D eigenvalue weighted by atomic mass is 19.4. The highest BCUT2D eigenvalue weighted by molar-refractivity contribution is 6.07. The van der Waals surface area contributed by atoms with Crippen molar-refractivity contribution in [3.05, 3.63) is 53.5 Å². The molecule has 2 heterocycles. The van der Waals surface area contributed by atoms with E-state index in [0.717, 1.165) is 18.2 Å². The van der Waals surface area contributed by atoms with E-state index in [1.807, 2.05) is 0 Å². The Labute approximate surface area is 132 Å². The Morgan fingerprint density at radius 1 is 1.25 bits per heavy atom. The number of hydrogen-bond acceptors (Lipinski definition) is 4. The molecule has 24 heavy (non-hydrogen) atoms. The van der Waals surface area contributed by atoms with E-state index >= 15 is 0 Å². The first kappa shape index (κ1) is 15.7. The Morgan fingerprint density at radius 2 is 2.04 bits per heavy atom. The van der Waals surface area contributed by atoms with Gasteiger partial charge in [0.25, 0.3) is 5.91 Å². The predicted molar refractivity (Wildman–Crippen MR) is 78.7 cm³/mol. The van der Waals surface area contributed by atoms with Crippen molar-refractivity contribution >= 4 is 28.8 Å². The van der Waals surface area contributed by atoms with E-state index in [0.29, 0.717) is 17.2 Å². The van der Waals surface area contributed by atoms with Crippen LogP contribution < -0.4 is 5.32 Å². The standard InChI is InChI=1S/C15H9F3N4O2/c16-15(17,18)13-3-1-2-10(20-13)14(24)21-11-4-8-6-19-22-12(8)5-9(11)7-23/h1-7H,(H,19,22)(H,21,24). The van der Waals surface area contributed by atoms with Crippen molar-refractivity contribution in [2.45, 2.75) is 6.18 Å². The van der Waals surface area contributed by atoms with Crippen LogP contribution in [-0.4, -0.2) is 27.4 Å². The molecule has 1 aromatic carbocycles. The summed E-state index contributed by atoms with van der Waals surface area (Å²) in [6.07, 6.45) is -2.64. The zero-order valence-corrected chi connectivity index (χ0v) is 11.9. The van der Waals surface area contributed by atoms with Crippen LogP contribution in [0, 0.1) is 0 Å². The van der Waals surface area contributed by atoms with Crippen LogP contribution in [0.1, 0.15) is 26.5 Å². The molecular formula is C15H9F3N4O2. The van der Waals surface area contributed by atoms with Gasteiger partial charge in [-0.3, -0.25) is 14.7 Å². The van der Waals surface area contributed by atoms with E-state index in [1.54, 1.807) is 0 Å². The lowest BCUT2D eigenvalue weighted by Crippen LogP contribution is -2.17. The number of halogens is 3. The molecule has 0 atom stereocenters. The molecule has 0 saturated carbocycles. The van der Waals surface area contributed by atoms with E-state index in [4.69, 9.17) is 0 Å². The molecule has 9 heteroatoms. The summed E-state index contributed by atoms with van der Waals surface area (Å²) in [7, 11) is 0. The summed E-state index contributed by atoms with van der Waals surface area (Å²) >= 11 is 0. The fraction of sp³-hybridized carbons (Fsp3) is 0.0667. The molecule has 2 N–H and O–H groups in total. The maximum atomic E-state index is 12.7. The van der Waals surface area contributed by atoms with Crippen LogP contribution in [0.5, 0.6) is 0 Å². The van der Waals surface area contributed by atoms with Gasteiger partial charge in [0.1, 0.15) is 11.4 Å². The van der Waals surface area contributed by atoms with Gasteiger partial charge >= 0.3 is 6.18 Å². The van der Waals surface area contributed by atoms with E-state index in [-0.39, 0.29) is 11.3 Å².